The number of aryl methyl sites for hydroxylation is 1. The highest BCUT2D eigenvalue weighted by atomic mass is 16.5. The van der Waals surface area contributed by atoms with Crippen LogP contribution in [0.1, 0.15) is 24.8 Å². The van der Waals surface area contributed by atoms with E-state index in [1.54, 1.807) is 0 Å². The summed E-state index contributed by atoms with van der Waals surface area (Å²) < 4.78 is 6.05. The van der Waals surface area contributed by atoms with Gasteiger partial charge in [0.1, 0.15) is 11.9 Å². The minimum atomic E-state index is 0.391. The van der Waals surface area contributed by atoms with Gasteiger partial charge in [-0.2, -0.15) is 0 Å². The van der Waals surface area contributed by atoms with E-state index < -0.39 is 0 Å². The summed E-state index contributed by atoms with van der Waals surface area (Å²) in [5, 5.41) is 3.53. The number of fused-ring (bicyclic) bond motifs is 1. The highest BCUT2D eigenvalue weighted by Gasteiger charge is 2.29. The molecule has 1 N–H and O–H groups in total. The van der Waals surface area contributed by atoms with Gasteiger partial charge in [0.05, 0.1) is 0 Å². The van der Waals surface area contributed by atoms with E-state index in [4.69, 9.17) is 4.74 Å². The number of rotatable bonds is 1. The minimum absolute atomic E-state index is 0.391. The van der Waals surface area contributed by atoms with E-state index in [-0.39, 0.29) is 0 Å². The first-order valence-corrected chi connectivity index (χ1v) is 5.91. The maximum Gasteiger partial charge on any atom is 0.122 e. The van der Waals surface area contributed by atoms with Crippen LogP contribution in [0.3, 0.4) is 0 Å². The fourth-order valence-corrected chi connectivity index (χ4v) is 2.66. The van der Waals surface area contributed by atoms with Gasteiger partial charge < -0.3 is 10.1 Å². The third-order valence-electron chi connectivity index (χ3n) is 3.50. The predicted octanol–water partition coefficient (Wildman–Crippen LogP) is 2.13. The molecule has 0 aromatic heterocycles. The normalized spacial score (nSPS) is 29.6. The van der Waals surface area contributed by atoms with Crippen LogP contribution in [-0.4, -0.2) is 18.7 Å². The Balaban J connectivity index is 1.76. The van der Waals surface area contributed by atoms with Crippen LogP contribution < -0.4 is 10.1 Å². The van der Waals surface area contributed by atoms with Crippen molar-refractivity contribution in [2.24, 2.45) is 0 Å². The first-order valence-electron chi connectivity index (χ1n) is 5.91. The van der Waals surface area contributed by atoms with Crippen LogP contribution in [-0.2, 0) is 6.42 Å². The summed E-state index contributed by atoms with van der Waals surface area (Å²) in [7, 11) is 0. The summed E-state index contributed by atoms with van der Waals surface area (Å²) >= 11 is 0. The zero-order chi connectivity index (χ0) is 10.1. The van der Waals surface area contributed by atoms with Crippen molar-refractivity contribution in [2.75, 3.05) is 6.54 Å². The van der Waals surface area contributed by atoms with Crippen molar-refractivity contribution < 1.29 is 4.74 Å². The average Bonchev–Trinajstić information content (AvgIpc) is 2.82. The number of benzene rings is 1. The lowest BCUT2D eigenvalue weighted by Crippen LogP contribution is -2.40. The number of hydrogen-bond donors (Lipinski definition) is 1. The van der Waals surface area contributed by atoms with Gasteiger partial charge in [0.25, 0.3) is 0 Å². The van der Waals surface area contributed by atoms with Gasteiger partial charge in [-0.15, -0.1) is 0 Å². The maximum absolute atomic E-state index is 6.05. The van der Waals surface area contributed by atoms with Crippen molar-refractivity contribution >= 4 is 0 Å². The van der Waals surface area contributed by atoms with Crippen molar-refractivity contribution in [2.45, 2.75) is 37.8 Å². The quantitative estimate of drug-likeness (QED) is 0.755. The molecule has 15 heavy (non-hydrogen) atoms. The fraction of sp³-hybridized carbons (Fsp3) is 0.538. The maximum atomic E-state index is 6.05. The van der Waals surface area contributed by atoms with Crippen LogP contribution in [0.2, 0.25) is 0 Å². The Morgan fingerprint density at radius 1 is 1.20 bits per heavy atom. The molecule has 1 fully saturated rings. The molecule has 1 aromatic rings. The second-order valence-electron chi connectivity index (χ2n) is 4.51. The molecule has 3 rings (SSSR count). The summed E-state index contributed by atoms with van der Waals surface area (Å²) in [4.78, 5) is 0. The van der Waals surface area contributed by atoms with E-state index >= 15 is 0 Å². The molecule has 1 saturated heterocycles. The van der Waals surface area contributed by atoms with Crippen molar-refractivity contribution in [3.63, 3.8) is 0 Å². The third kappa shape index (κ3) is 1.74. The van der Waals surface area contributed by atoms with Crippen LogP contribution in [0.5, 0.6) is 5.75 Å². The standard InChI is InChI=1S/C13H17NO/c1-2-6-12-10(4-1)7-8-13(15-12)11-5-3-9-14-11/h1-2,4,6,11,13-14H,3,5,7-9H2. The molecule has 2 atom stereocenters. The first kappa shape index (κ1) is 9.22. The van der Waals surface area contributed by atoms with E-state index in [2.05, 4.69) is 29.6 Å². The smallest absolute Gasteiger partial charge is 0.122 e. The van der Waals surface area contributed by atoms with E-state index in [1.807, 2.05) is 0 Å². The lowest BCUT2D eigenvalue weighted by Gasteiger charge is -2.30. The van der Waals surface area contributed by atoms with Crippen LogP contribution in [0.25, 0.3) is 0 Å². The summed E-state index contributed by atoms with van der Waals surface area (Å²) in [5.41, 5.74) is 1.37. The van der Waals surface area contributed by atoms with Gasteiger partial charge in [0.15, 0.2) is 0 Å². The number of ether oxygens (including phenoxy) is 1. The van der Waals surface area contributed by atoms with E-state index in [9.17, 15) is 0 Å². The minimum Gasteiger partial charge on any atom is -0.489 e. The van der Waals surface area contributed by atoms with Crippen molar-refractivity contribution in [1.82, 2.24) is 5.32 Å². The molecule has 0 aliphatic carbocycles. The van der Waals surface area contributed by atoms with Gasteiger partial charge in [-0.25, -0.2) is 0 Å². The Morgan fingerprint density at radius 2 is 2.13 bits per heavy atom. The molecule has 2 heteroatoms. The summed E-state index contributed by atoms with van der Waals surface area (Å²) in [6.07, 6.45) is 5.29. The van der Waals surface area contributed by atoms with Crippen LogP contribution >= 0.6 is 0 Å². The molecule has 2 aliphatic rings. The highest BCUT2D eigenvalue weighted by molar-refractivity contribution is 5.35. The second-order valence-corrected chi connectivity index (χ2v) is 4.51. The van der Waals surface area contributed by atoms with Gasteiger partial charge in [-0.3, -0.25) is 0 Å². The van der Waals surface area contributed by atoms with Gasteiger partial charge in [0.2, 0.25) is 0 Å². The second kappa shape index (κ2) is 3.86. The van der Waals surface area contributed by atoms with Crippen molar-refractivity contribution in [1.29, 1.82) is 0 Å². The zero-order valence-corrected chi connectivity index (χ0v) is 8.91. The Labute approximate surface area is 90.6 Å². The van der Waals surface area contributed by atoms with Crippen molar-refractivity contribution in [3.05, 3.63) is 29.8 Å². The Bertz CT molecular complexity index is 344. The predicted molar refractivity (Wildman–Crippen MR) is 60.2 cm³/mol. The molecule has 0 spiro atoms. The molecule has 0 saturated carbocycles. The molecule has 2 nitrogen and oxygen atoms in total. The topological polar surface area (TPSA) is 21.3 Å². The Morgan fingerprint density at radius 3 is 3.00 bits per heavy atom. The molecule has 80 valence electrons. The number of para-hydroxylation sites is 1. The van der Waals surface area contributed by atoms with Crippen LogP contribution in [0, 0.1) is 0 Å². The monoisotopic (exact) mass is 203 g/mol. The average molecular weight is 203 g/mol. The van der Waals surface area contributed by atoms with E-state index in [0.29, 0.717) is 12.1 Å². The van der Waals surface area contributed by atoms with Gasteiger partial charge >= 0.3 is 0 Å². The number of hydrogen-bond acceptors (Lipinski definition) is 2. The summed E-state index contributed by atoms with van der Waals surface area (Å²) in [6.45, 7) is 1.16. The zero-order valence-electron chi connectivity index (χ0n) is 8.91. The lowest BCUT2D eigenvalue weighted by atomic mass is 9.97. The van der Waals surface area contributed by atoms with Gasteiger partial charge in [0, 0.05) is 6.04 Å². The SMILES string of the molecule is c1ccc2c(c1)CCC(C1CCCN1)O2. The Kier molecular flexibility index (Phi) is 2.37. The molecular weight excluding hydrogens is 186 g/mol. The molecule has 1 aromatic carbocycles. The van der Waals surface area contributed by atoms with E-state index in [0.717, 1.165) is 18.7 Å². The summed E-state index contributed by atoms with van der Waals surface area (Å²) in [5.74, 6) is 1.10. The fourth-order valence-electron chi connectivity index (χ4n) is 2.66. The highest BCUT2D eigenvalue weighted by Crippen LogP contribution is 2.29. The molecule has 2 unspecified atom stereocenters. The van der Waals surface area contributed by atoms with Crippen LogP contribution in [0.4, 0.5) is 0 Å². The lowest BCUT2D eigenvalue weighted by molar-refractivity contribution is 0.137. The largest absolute Gasteiger partial charge is 0.489 e. The van der Waals surface area contributed by atoms with Crippen molar-refractivity contribution in [3.8, 4) is 5.75 Å². The molecule has 0 radical (unpaired) electrons. The van der Waals surface area contributed by atoms with Crippen LogP contribution in [0.15, 0.2) is 24.3 Å². The molecule has 0 amide bonds. The van der Waals surface area contributed by atoms with Gasteiger partial charge in [-0.1, -0.05) is 18.2 Å². The molecule has 0 bridgehead atoms. The Hall–Kier alpha value is -1.02. The third-order valence-corrected chi connectivity index (χ3v) is 3.50. The summed E-state index contributed by atoms with van der Waals surface area (Å²) in [6, 6.07) is 9.00. The number of nitrogens with one attached hydrogen (secondary N) is 1. The molecular formula is C13H17NO. The first-order chi connectivity index (χ1) is 7.43. The van der Waals surface area contributed by atoms with E-state index in [1.165, 1.54) is 24.8 Å². The molecule has 2 heterocycles. The molecule has 2 aliphatic heterocycles. The van der Waals surface area contributed by atoms with Gasteiger partial charge in [-0.05, 0) is 43.9 Å².